The van der Waals surface area contributed by atoms with Gasteiger partial charge in [0, 0.05) is 25.7 Å². The number of ether oxygens (including phenoxy) is 1. The summed E-state index contributed by atoms with van der Waals surface area (Å²) in [5.74, 6) is 0.200. The number of carbonyl (C=O) groups excluding carboxylic acids is 1. The van der Waals surface area contributed by atoms with Crippen molar-refractivity contribution in [2.45, 2.75) is 44.8 Å². The third-order valence-corrected chi connectivity index (χ3v) is 3.88. The van der Waals surface area contributed by atoms with Crippen molar-refractivity contribution in [3.63, 3.8) is 0 Å². The van der Waals surface area contributed by atoms with Crippen molar-refractivity contribution in [3.05, 3.63) is 0 Å². The summed E-state index contributed by atoms with van der Waals surface area (Å²) in [6.45, 7) is 5.41. The zero-order chi connectivity index (χ0) is 12.3. The van der Waals surface area contributed by atoms with Crippen LogP contribution in [0.4, 0.5) is 0 Å². The first kappa shape index (κ1) is 12.8. The van der Waals surface area contributed by atoms with E-state index in [1.165, 1.54) is 12.8 Å². The van der Waals surface area contributed by atoms with Crippen LogP contribution in [-0.4, -0.2) is 61.1 Å². The molecule has 17 heavy (non-hydrogen) atoms. The monoisotopic (exact) mass is 240 g/mol. The molecule has 4 nitrogen and oxygen atoms in total. The Bertz CT molecular complexity index is 270. The predicted octanol–water partition coefficient (Wildman–Crippen LogP) is 1.11. The Balaban J connectivity index is 1.97. The molecule has 2 heterocycles. The van der Waals surface area contributed by atoms with Crippen LogP contribution in [-0.2, 0) is 9.53 Å². The van der Waals surface area contributed by atoms with Gasteiger partial charge in [-0.1, -0.05) is 12.8 Å². The molecule has 2 saturated heterocycles. The van der Waals surface area contributed by atoms with Gasteiger partial charge in [0.05, 0.1) is 6.61 Å². The summed E-state index contributed by atoms with van der Waals surface area (Å²) < 4.78 is 5.62. The first-order valence-corrected chi connectivity index (χ1v) is 6.79. The molecule has 0 bridgehead atoms. The van der Waals surface area contributed by atoms with Gasteiger partial charge in [0.15, 0.2) is 0 Å². The third-order valence-electron chi connectivity index (χ3n) is 3.88. The number of nitrogens with zero attached hydrogens (tertiary/aromatic N) is 2. The molecule has 1 amide bonds. The molecule has 2 aliphatic rings. The Kier molecular flexibility index (Phi) is 4.40. The average Bonchev–Trinajstić information content (AvgIpc) is 2.53. The predicted molar refractivity (Wildman–Crippen MR) is 66.9 cm³/mol. The Labute approximate surface area is 104 Å². The molecule has 2 fully saturated rings. The van der Waals surface area contributed by atoms with Crippen LogP contribution in [0, 0.1) is 0 Å². The molecule has 2 rings (SSSR count). The Morgan fingerprint density at radius 1 is 1.24 bits per heavy atom. The van der Waals surface area contributed by atoms with Crippen LogP contribution in [0.25, 0.3) is 0 Å². The van der Waals surface area contributed by atoms with E-state index in [0.717, 1.165) is 32.5 Å². The van der Waals surface area contributed by atoms with Crippen molar-refractivity contribution in [2.75, 3.05) is 33.3 Å². The van der Waals surface area contributed by atoms with Crippen LogP contribution in [0.5, 0.6) is 0 Å². The van der Waals surface area contributed by atoms with Gasteiger partial charge in [0.25, 0.3) is 5.91 Å². The molecular weight excluding hydrogens is 216 g/mol. The number of amides is 1. The van der Waals surface area contributed by atoms with Crippen molar-refractivity contribution >= 4 is 5.91 Å². The number of likely N-dealkylation sites (tertiary alicyclic amines) is 1. The largest absolute Gasteiger partial charge is 0.366 e. The highest BCUT2D eigenvalue weighted by molar-refractivity contribution is 5.81. The fourth-order valence-electron chi connectivity index (χ4n) is 2.71. The highest BCUT2D eigenvalue weighted by Gasteiger charge is 2.31. The van der Waals surface area contributed by atoms with Gasteiger partial charge in [-0.15, -0.1) is 0 Å². The fourth-order valence-corrected chi connectivity index (χ4v) is 2.71. The molecule has 0 aromatic rings. The van der Waals surface area contributed by atoms with Crippen molar-refractivity contribution in [1.29, 1.82) is 0 Å². The maximum absolute atomic E-state index is 12.4. The molecule has 0 aliphatic carbocycles. The first-order valence-electron chi connectivity index (χ1n) is 6.79. The second-order valence-electron chi connectivity index (χ2n) is 5.35. The third kappa shape index (κ3) is 3.19. The molecular formula is C13H24N2O2. The van der Waals surface area contributed by atoms with Crippen LogP contribution in [0.1, 0.15) is 32.6 Å². The minimum Gasteiger partial charge on any atom is -0.366 e. The van der Waals surface area contributed by atoms with Gasteiger partial charge in [-0.25, -0.2) is 0 Å². The number of hydrogen-bond donors (Lipinski definition) is 0. The molecule has 0 spiro atoms. The summed E-state index contributed by atoms with van der Waals surface area (Å²) in [6.07, 6.45) is 4.53. The Hall–Kier alpha value is -0.610. The lowest BCUT2D eigenvalue weighted by Crippen LogP contribution is -2.52. The van der Waals surface area contributed by atoms with E-state index in [4.69, 9.17) is 4.74 Å². The highest BCUT2D eigenvalue weighted by atomic mass is 16.5. The van der Waals surface area contributed by atoms with Crippen LogP contribution >= 0.6 is 0 Å². The maximum Gasteiger partial charge on any atom is 0.253 e. The summed E-state index contributed by atoms with van der Waals surface area (Å²) in [5.41, 5.74) is 0. The second kappa shape index (κ2) is 5.83. The molecule has 0 radical (unpaired) electrons. The van der Waals surface area contributed by atoms with Gasteiger partial charge < -0.3 is 14.5 Å². The van der Waals surface area contributed by atoms with Gasteiger partial charge in [-0.05, 0) is 26.8 Å². The smallest absolute Gasteiger partial charge is 0.253 e. The lowest BCUT2D eigenvalue weighted by molar-refractivity contribution is -0.150. The molecule has 2 aliphatic heterocycles. The maximum atomic E-state index is 12.4. The molecule has 4 heteroatoms. The average molecular weight is 240 g/mol. The zero-order valence-electron chi connectivity index (χ0n) is 11.0. The standard InChI is InChI=1S/C13H24N2O2/c1-11-6-4-3-5-7-15(11)13(16)12-10-14(2)8-9-17-12/h11-12H,3-10H2,1-2H3/t11-,12-/m0/s1. The molecule has 0 aromatic heterocycles. The topological polar surface area (TPSA) is 32.8 Å². The lowest BCUT2D eigenvalue weighted by Gasteiger charge is -2.35. The minimum absolute atomic E-state index is 0.200. The first-order chi connectivity index (χ1) is 8.18. The van der Waals surface area contributed by atoms with Gasteiger partial charge in [-0.3, -0.25) is 4.79 Å². The Morgan fingerprint density at radius 3 is 2.82 bits per heavy atom. The van der Waals surface area contributed by atoms with E-state index < -0.39 is 0 Å². The van der Waals surface area contributed by atoms with Gasteiger partial charge in [0.2, 0.25) is 0 Å². The summed E-state index contributed by atoms with van der Waals surface area (Å²) in [4.78, 5) is 16.6. The van der Waals surface area contributed by atoms with E-state index in [2.05, 4.69) is 18.9 Å². The number of likely N-dealkylation sites (N-methyl/N-ethyl adjacent to an activating group) is 1. The van der Waals surface area contributed by atoms with E-state index in [0.29, 0.717) is 12.6 Å². The number of hydrogen-bond acceptors (Lipinski definition) is 3. The fraction of sp³-hybridized carbons (Fsp3) is 0.923. The molecule has 98 valence electrons. The van der Waals surface area contributed by atoms with Crippen molar-refractivity contribution in [2.24, 2.45) is 0 Å². The Morgan fingerprint density at radius 2 is 2.06 bits per heavy atom. The molecule has 0 saturated carbocycles. The van der Waals surface area contributed by atoms with Crippen molar-refractivity contribution in [1.82, 2.24) is 9.80 Å². The minimum atomic E-state index is -0.241. The molecule has 0 N–H and O–H groups in total. The van der Waals surface area contributed by atoms with E-state index in [1.807, 2.05) is 4.90 Å². The second-order valence-corrected chi connectivity index (χ2v) is 5.35. The van der Waals surface area contributed by atoms with E-state index >= 15 is 0 Å². The van der Waals surface area contributed by atoms with Gasteiger partial charge >= 0.3 is 0 Å². The molecule has 0 unspecified atom stereocenters. The van der Waals surface area contributed by atoms with Crippen LogP contribution < -0.4 is 0 Å². The summed E-state index contributed by atoms with van der Waals surface area (Å²) in [7, 11) is 2.05. The summed E-state index contributed by atoms with van der Waals surface area (Å²) in [6, 6.07) is 0.376. The van der Waals surface area contributed by atoms with Crippen LogP contribution in [0.15, 0.2) is 0 Å². The van der Waals surface area contributed by atoms with E-state index in [-0.39, 0.29) is 12.0 Å². The van der Waals surface area contributed by atoms with E-state index in [9.17, 15) is 4.79 Å². The number of carbonyl (C=O) groups is 1. The SMILES string of the molecule is C[C@H]1CCCCCN1C(=O)[C@@H]1CN(C)CCO1. The molecule has 0 aromatic carbocycles. The highest BCUT2D eigenvalue weighted by Crippen LogP contribution is 2.18. The summed E-state index contributed by atoms with van der Waals surface area (Å²) >= 11 is 0. The van der Waals surface area contributed by atoms with Crippen molar-refractivity contribution in [3.8, 4) is 0 Å². The molecule has 2 atom stereocenters. The zero-order valence-corrected chi connectivity index (χ0v) is 11.0. The van der Waals surface area contributed by atoms with Crippen LogP contribution in [0.2, 0.25) is 0 Å². The number of rotatable bonds is 1. The number of morpholine rings is 1. The summed E-state index contributed by atoms with van der Waals surface area (Å²) in [5, 5.41) is 0. The van der Waals surface area contributed by atoms with Crippen LogP contribution in [0.3, 0.4) is 0 Å². The normalized spacial score (nSPS) is 32.2. The van der Waals surface area contributed by atoms with E-state index in [1.54, 1.807) is 0 Å². The quantitative estimate of drug-likeness (QED) is 0.688. The van der Waals surface area contributed by atoms with Gasteiger partial charge in [-0.2, -0.15) is 0 Å². The lowest BCUT2D eigenvalue weighted by atomic mass is 10.1. The van der Waals surface area contributed by atoms with Crippen molar-refractivity contribution < 1.29 is 9.53 Å². The van der Waals surface area contributed by atoms with Gasteiger partial charge in [0.1, 0.15) is 6.10 Å².